The molecule has 1 N–H and O–H groups in total. The van der Waals surface area contributed by atoms with E-state index in [1.807, 2.05) is 25.1 Å². The van der Waals surface area contributed by atoms with E-state index in [1.54, 1.807) is 0 Å². The Hall–Kier alpha value is -0.390. The molecule has 0 saturated heterocycles. The van der Waals surface area contributed by atoms with Gasteiger partial charge in [0.2, 0.25) is 0 Å². The topological polar surface area (TPSA) is 38.3 Å². The van der Waals surface area contributed by atoms with Crippen LogP contribution in [0.3, 0.4) is 0 Å². The highest BCUT2D eigenvalue weighted by Gasteiger charge is 2.30. The van der Waals surface area contributed by atoms with Crippen LogP contribution in [0.5, 0.6) is 0 Å². The van der Waals surface area contributed by atoms with Gasteiger partial charge in [0.1, 0.15) is 0 Å². The van der Waals surface area contributed by atoms with Crippen LogP contribution in [0.15, 0.2) is 27.1 Å². The van der Waals surface area contributed by atoms with Gasteiger partial charge in [-0.1, -0.05) is 31.9 Å². The normalized spacial score (nSPS) is 22.4. The van der Waals surface area contributed by atoms with E-state index in [2.05, 4.69) is 37.2 Å². The number of carbonyl (C=O) groups excluding carboxylic acids is 1. The molecule has 18 heavy (non-hydrogen) atoms. The van der Waals surface area contributed by atoms with Crippen LogP contribution >= 0.6 is 31.9 Å². The summed E-state index contributed by atoms with van der Waals surface area (Å²) in [5, 5.41) is 3.01. The van der Waals surface area contributed by atoms with Crippen molar-refractivity contribution < 1.29 is 9.53 Å². The molecule has 0 spiro atoms. The minimum Gasteiger partial charge on any atom is -0.378 e. The van der Waals surface area contributed by atoms with Crippen molar-refractivity contribution in [2.45, 2.75) is 31.9 Å². The summed E-state index contributed by atoms with van der Waals surface area (Å²) >= 11 is 6.76. The molecule has 0 heterocycles. The number of carbonyl (C=O) groups is 1. The van der Waals surface area contributed by atoms with E-state index in [4.69, 9.17) is 4.74 Å². The second kappa shape index (κ2) is 6.17. The van der Waals surface area contributed by atoms with Gasteiger partial charge in [-0.25, -0.2) is 0 Å². The van der Waals surface area contributed by atoms with E-state index in [1.165, 1.54) is 0 Å². The maximum Gasteiger partial charge on any atom is 0.251 e. The fraction of sp³-hybridized carbons (Fsp3) is 0.462. The molecule has 0 bridgehead atoms. The zero-order valence-electron chi connectivity index (χ0n) is 10.1. The van der Waals surface area contributed by atoms with Gasteiger partial charge < -0.3 is 10.1 Å². The average Bonchev–Trinajstić information content (AvgIpc) is 2.24. The van der Waals surface area contributed by atoms with Crippen molar-refractivity contribution >= 4 is 37.8 Å². The Morgan fingerprint density at radius 2 is 1.94 bits per heavy atom. The summed E-state index contributed by atoms with van der Waals surface area (Å²) in [4.78, 5) is 12.0. The van der Waals surface area contributed by atoms with Gasteiger partial charge in [0.25, 0.3) is 5.91 Å². The van der Waals surface area contributed by atoms with Gasteiger partial charge >= 0.3 is 0 Å². The highest BCUT2D eigenvalue weighted by atomic mass is 79.9. The Balaban J connectivity index is 1.89. The molecule has 0 unspecified atom stereocenters. The molecular formula is C13H15Br2NO2. The molecule has 1 aliphatic carbocycles. The summed E-state index contributed by atoms with van der Waals surface area (Å²) in [6, 6.07) is 5.79. The maximum atomic E-state index is 12.0. The molecule has 0 radical (unpaired) electrons. The van der Waals surface area contributed by atoms with E-state index in [-0.39, 0.29) is 11.9 Å². The van der Waals surface area contributed by atoms with Crippen LogP contribution in [-0.4, -0.2) is 24.7 Å². The lowest BCUT2D eigenvalue weighted by Gasteiger charge is -2.35. The fourth-order valence-corrected chi connectivity index (χ4v) is 3.30. The van der Waals surface area contributed by atoms with Crippen molar-refractivity contribution in [3.8, 4) is 0 Å². The molecule has 0 aliphatic heterocycles. The van der Waals surface area contributed by atoms with Crippen molar-refractivity contribution in [2.24, 2.45) is 0 Å². The number of ether oxygens (including phenoxy) is 1. The second-order valence-electron chi connectivity index (χ2n) is 4.38. The molecule has 3 nitrogen and oxygen atoms in total. The van der Waals surface area contributed by atoms with E-state index in [0.29, 0.717) is 11.7 Å². The van der Waals surface area contributed by atoms with Crippen LogP contribution < -0.4 is 5.32 Å². The molecule has 1 saturated carbocycles. The van der Waals surface area contributed by atoms with Crippen LogP contribution in [0.1, 0.15) is 30.1 Å². The van der Waals surface area contributed by atoms with Crippen molar-refractivity contribution in [3.05, 3.63) is 32.7 Å². The Kier molecular flexibility index (Phi) is 4.81. The standard InChI is InChI=1S/C13H15Br2NO2/c1-2-18-12-6-11(7-12)16-13(17)8-3-9(14)5-10(15)4-8/h3-5,11-12H,2,6-7H2,1H3,(H,16,17). The van der Waals surface area contributed by atoms with Crippen LogP contribution in [0.4, 0.5) is 0 Å². The highest BCUT2D eigenvalue weighted by Crippen LogP contribution is 2.24. The molecule has 5 heteroatoms. The number of halogens is 2. The average molecular weight is 377 g/mol. The first kappa shape index (κ1) is 14.0. The van der Waals surface area contributed by atoms with Crippen LogP contribution in [0.25, 0.3) is 0 Å². The molecule has 98 valence electrons. The first-order valence-corrected chi connectivity index (χ1v) is 7.55. The molecule has 1 amide bonds. The zero-order valence-corrected chi connectivity index (χ0v) is 13.3. The van der Waals surface area contributed by atoms with Gasteiger partial charge in [0, 0.05) is 27.2 Å². The van der Waals surface area contributed by atoms with Crippen LogP contribution in [0.2, 0.25) is 0 Å². The summed E-state index contributed by atoms with van der Waals surface area (Å²) in [7, 11) is 0. The van der Waals surface area contributed by atoms with Gasteiger partial charge in [-0.05, 0) is 38.0 Å². The first-order chi connectivity index (χ1) is 8.58. The number of rotatable bonds is 4. The van der Waals surface area contributed by atoms with Gasteiger partial charge in [-0.15, -0.1) is 0 Å². The summed E-state index contributed by atoms with van der Waals surface area (Å²) in [5.41, 5.74) is 0.663. The molecule has 0 aromatic heterocycles. The SMILES string of the molecule is CCOC1CC(NC(=O)c2cc(Br)cc(Br)c2)C1. The summed E-state index contributed by atoms with van der Waals surface area (Å²) in [6.07, 6.45) is 2.14. The Labute approximate surface area is 124 Å². The second-order valence-corrected chi connectivity index (χ2v) is 6.21. The molecule has 1 fully saturated rings. The third-order valence-corrected chi connectivity index (χ3v) is 3.87. The third-order valence-electron chi connectivity index (χ3n) is 2.96. The fourth-order valence-electron chi connectivity index (χ4n) is 2.01. The van der Waals surface area contributed by atoms with Crippen molar-refractivity contribution in [1.82, 2.24) is 5.32 Å². The van der Waals surface area contributed by atoms with E-state index in [9.17, 15) is 4.79 Å². The molecule has 1 aromatic rings. The monoisotopic (exact) mass is 375 g/mol. The van der Waals surface area contributed by atoms with Crippen LogP contribution in [-0.2, 0) is 4.74 Å². The van der Waals surface area contributed by atoms with E-state index >= 15 is 0 Å². The van der Waals surface area contributed by atoms with Crippen molar-refractivity contribution in [1.29, 1.82) is 0 Å². The lowest BCUT2D eigenvalue weighted by Crippen LogP contribution is -2.47. The maximum absolute atomic E-state index is 12.0. The van der Waals surface area contributed by atoms with Gasteiger partial charge in [-0.3, -0.25) is 4.79 Å². The lowest BCUT2D eigenvalue weighted by molar-refractivity contribution is -0.00862. The summed E-state index contributed by atoms with van der Waals surface area (Å²) < 4.78 is 7.25. The quantitative estimate of drug-likeness (QED) is 0.873. The van der Waals surface area contributed by atoms with Crippen LogP contribution in [0, 0.1) is 0 Å². The molecule has 1 aliphatic rings. The zero-order chi connectivity index (χ0) is 13.1. The number of hydrogen-bond acceptors (Lipinski definition) is 2. The molecule has 1 aromatic carbocycles. The van der Waals surface area contributed by atoms with Gasteiger partial charge in [-0.2, -0.15) is 0 Å². The molecular weight excluding hydrogens is 362 g/mol. The predicted molar refractivity (Wildman–Crippen MR) is 77.7 cm³/mol. The minimum atomic E-state index is -0.0306. The Morgan fingerprint density at radius 1 is 1.33 bits per heavy atom. The highest BCUT2D eigenvalue weighted by molar-refractivity contribution is 9.11. The summed E-state index contributed by atoms with van der Waals surface area (Å²) in [6.45, 7) is 2.73. The molecule has 2 rings (SSSR count). The smallest absolute Gasteiger partial charge is 0.251 e. The Bertz CT molecular complexity index is 424. The largest absolute Gasteiger partial charge is 0.378 e. The predicted octanol–water partition coefficient (Wildman–Crippen LogP) is 3.51. The Morgan fingerprint density at radius 3 is 2.50 bits per heavy atom. The van der Waals surface area contributed by atoms with E-state index in [0.717, 1.165) is 28.4 Å². The number of amides is 1. The number of hydrogen-bond donors (Lipinski definition) is 1. The van der Waals surface area contributed by atoms with E-state index < -0.39 is 0 Å². The number of nitrogens with one attached hydrogen (secondary N) is 1. The number of benzene rings is 1. The molecule has 0 atom stereocenters. The first-order valence-electron chi connectivity index (χ1n) is 5.97. The van der Waals surface area contributed by atoms with Gasteiger partial charge in [0.05, 0.1) is 6.10 Å². The van der Waals surface area contributed by atoms with Crippen molar-refractivity contribution in [2.75, 3.05) is 6.61 Å². The summed E-state index contributed by atoms with van der Waals surface area (Å²) in [5.74, 6) is -0.0306. The van der Waals surface area contributed by atoms with Crippen molar-refractivity contribution in [3.63, 3.8) is 0 Å². The van der Waals surface area contributed by atoms with Gasteiger partial charge in [0.15, 0.2) is 0 Å². The minimum absolute atomic E-state index is 0.0306. The third kappa shape index (κ3) is 3.56. The lowest BCUT2D eigenvalue weighted by atomic mass is 9.89.